The van der Waals surface area contributed by atoms with Gasteiger partial charge in [-0.3, -0.25) is 0 Å². The summed E-state index contributed by atoms with van der Waals surface area (Å²) in [5, 5.41) is 137. The van der Waals surface area contributed by atoms with Crippen molar-refractivity contribution in [1.29, 1.82) is 0 Å². The van der Waals surface area contributed by atoms with Crippen molar-refractivity contribution in [1.82, 2.24) is 0 Å². The fraction of sp³-hybridized carbons (Fsp3) is 0.220. The Morgan fingerprint density at radius 1 is 0.338 bits per heavy atom. The molecule has 0 aromatic heterocycles. The third-order valence-corrected chi connectivity index (χ3v) is 21.6. The Morgan fingerprint density at radius 2 is 0.683 bits per heavy atom. The molecule has 0 bridgehead atoms. The molecule has 0 aliphatic heterocycles. The Balaban J connectivity index is 0.000000533. The maximum Gasteiger partial charge on any atom is 0.488 e. The third-order valence-electron chi connectivity index (χ3n) is 20.7. The predicted molar refractivity (Wildman–Crippen MR) is 631 cm³/mol. The zero-order valence-corrected chi connectivity index (χ0v) is 89.8. The average molecular weight is 2090 g/mol. The number of anilines is 1. The van der Waals surface area contributed by atoms with Gasteiger partial charge in [0.25, 0.3) is 0 Å². The van der Waals surface area contributed by atoms with E-state index in [1.165, 1.54) is 34.9 Å². The Hall–Kier alpha value is -11.2. The van der Waals surface area contributed by atoms with Gasteiger partial charge < -0.3 is 95.4 Å². The van der Waals surface area contributed by atoms with Crippen LogP contribution in [-0.4, -0.2) is 178 Å². The molecule has 36 heteroatoms. The molecule has 14 rings (SSSR count). The zero-order valence-electron chi connectivity index (χ0n) is 86.9. The van der Waals surface area contributed by atoms with Crippen molar-refractivity contribution < 1.29 is 94.0 Å². The van der Waals surface area contributed by atoms with E-state index in [9.17, 15) is 29.5 Å². The van der Waals surface area contributed by atoms with Gasteiger partial charge in [-0.25, -0.2) is 9.24 Å². The summed E-state index contributed by atoms with van der Waals surface area (Å²) in [4.78, 5) is 3.25. The molecule has 14 aromatic carbocycles. The van der Waals surface area contributed by atoms with Crippen molar-refractivity contribution >= 4 is 207 Å². The van der Waals surface area contributed by atoms with Crippen molar-refractivity contribution in [2.75, 3.05) is 12.3 Å². The first-order valence-electron chi connectivity index (χ1n) is 48.1. The molecule has 0 saturated carbocycles. The van der Waals surface area contributed by atoms with Gasteiger partial charge >= 0.3 is 90.1 Å². The van der Waals surface area contributed by atoms with Gasteiger partial charge in [0.05, 0.1) is 19.3 Å². The number of hydrogen-bond donors (Lipinski definition) is 16. The fourth-order valence-electron chi connectivity index (χ4n) is 12.3. The molecule has 0 fully saturated rings. The van der Waals surface area contributed by atoms with Gasteiger partial charge in [0, 0.05) is 14.3 Å². The first-order chi connectivity index (χ1) is 68.7. The van der Waals surface area contributed by atoms with Crippen LogP contribution in [0, 0.1) is 22.9 Å². The standard InChI is InChI=1S/C14H15BO2.C10H15BO2.C10H15BO.C9H13BO2.C9H13BO.C8H8BNO.C8H11BO.C7H8BClO.C7H8BFO.C7H8BIO.C7H9BO2.C7H9BO.C6H8BNO2/c1-15(16)13-8-5-9-14(10-13)17-11-12-6-3-2-4-7-12;1-8(2)13-10-6-4-5-9(7-10)11(3)12;1-8(2)9-5-4-6-10(7-9)11(3)12;1-3-12-9-6-4-5-8(7-9)10(2)11;1-3-8-5-4-6-9(7-8)10(2)11;1-9(11)7-4-3-5-8(6-7)10-2;1-7-4-3-5-8(6-7)9(2)10;4*1-8(10)6-3-2-4-7(9)5-6;1-8(9)7-5-3-2-4-6-7;8-6-3-1-2-5(4-6)7(9)10/h2-10,16H,11H2,1H3;4-8,12H,1-3H3;4-8,12H,1-3H3;4-7,11H,3H2,1-2H3;4-7,11H,3H2,1-2H3;3-6,11H,1H3;3-6,10H,1-2H3;3*2-5,10H,1H3;2-5,9-10H,1H3;2-6,9H,1H3;1-4,9-10H,8H2. The maximum atomic E-state index is 12.4. The normalized spacial score (nSPS) is 9.63. The molecule has 0 spiro atoms. The van der Waals surface area contributed by atoms with Gasteiger partial charge in [-0.1, -0.05) is 386 Å². The third kappa shape index (κ3) is 58.7. The summed E-state index contributed by atoms with van der Waals surface area (Å²) in [7, 11) is -1.43. The molecule has 0 amide bonds. The van der Waals surface area contributed by atoms with E-state index in [2.05, 4.69) is 66.4 Å². The SMILES string of the molecule is CB(O)c1cccc(C(C)C)c1.CB(O)c1cccc(C)c1.CB(O)c1cccc(Cl)c1.CB(O)c1cccc(F)c1.CB(O)c1cccc(I)c1.CB(O)c1cccc(O)c1.CB(O)c1cccc(OC(C)C)c1.CB(O)c1cccc(OCc2ccccc2)c1.CB(O)c1ccccc1.CCOc1cccc(B(C)O)c1.CCc1cccc(B(C)O)c1.Nc1cccc(B(O)O)c1.[C-]#[N+]c1cccc(B(C)O)c1. The van der Waals surface area contributed by atoms with Crippen LogP contribution >= 0.6 is 34.2 Å². The number of nitrogens with two attached hydrogens (primary N) is 1. The van der Waals surface area contributed by atoms with Crippen molar-refractivity contribution in [3.63, 3.8) is 0 Å². The second-order valence-corrected chi connectivity index (χ2v) is 36.1. The number of aromatic hydroxyl groups is 1. The molecular formula is C109H140B13ClFIN2O18. The minimum absolute atomic E-state index is 0.171. The molecule has 14 aromatic rings. The Kier molecular flexibility index (Phi) is 66.1. The van der Waals surface area contributed by atoms with Crippen molar-refractivity contribution in [3.8, 4) is 23.0 Å². The molecule has 145 heavy (non-hydrogen) atoms. The Bertz CT molecular complexity index is 5510. The van der Waals surface area contributed by atoms with E-state index in [0.717, 1.165) is 92.9 Å². The minimum atomic E-state index is -1.43. The lowest BCUT2D eigenvalue weighted by Crippen LogP contribution is -2.29. The van der Waals surface area contributed by atoms with Crippen LogP contribution in [0.1, 0.15) is 69.7 Å². The second kappa shape index (κ2) is 73.8. The summed E-state index contributed by atoms with van der Waals surface area (Å²) in [5.74, 6) is 2.83. The number of nitrogen functional groups attached to an aromatic ring is 1. The largest absolute Gasteiger partial charge is 0.508 e. The molecule has 754 valence electrons. The van der Waals surface area contributed by atoms with E-state index in [1.54, 1.807) is 173 Å². The van der Waals surface area contributed by atoms with E-state index in [4.69, 9.17) is 88.4 Å². The number of aryl methyl sites for hydroxylation is 2. The lowest BCUT2D eigenvalue weighted by Gasteiger charge is -2.10. The summed E-state index contributed by atoms with van der Waals surface area (Å²) >= 11 is 7.91. The average Bonchev–Trinajstić information content (AvgIpc) is 0.875. The van der Waals surface area contributed by atoms with Gasteiger partial charge in [0.2, 0.25) is 0 Å². The number of nitrogens with zero attached hydrogens (tertiary/aromatic N) is 1. The van der Waals surface area contributed by atoms with Crippen LogP contribution < -0.4 is 91.0 Å². The van der Waals surface area contributed by atoms with E-state index in [1.807, 2.05) is 252 Å². The van der Waals surface area contributed by atoms with Crippen LogP contribution in [0.5, 0.6) is 23.0 Å². The summed E-state index contributed by atoms with van der Waals surface area (Å²) in [6.45, 7) is 38.0. The number of benzene rings is 14. The van der Waals surface area contributed by atoms with Crippen LogP contribution in [0.3, 0.4) is 0 Å². The molecular weight excluding hydrogens is 1950 g/mol. The number of rotatable bonds is 22. The van der Waals surface area contributed by atoms with Crippen LogP contribution in [-0.2, 0) is 13.0 Å². The number of halogens is 3. The highest BCUT2D eigenvalue weighted by Gasteiger charge is 2.16. The summed E-state index contributed by atoms with van der Waals surface area (Å²) < 4.78 is 30.0. The molecule has 0 unspecified atom stereocenters. The van der Waals surface area contributed by atoms with Crippen LogP contribution in [0.15, 0.2) is 352 Å². The molecule has 20 nitrogen and oxygen atoms in total. The smallest absolute Gasteiger partial charge is 0.488 e. The minimum Gasteiger partial charge on any atom is -0.508 e. The number of phenols is 1. The van der Waals surface area contributed by atoms with Crippen molar-refractivity contribution in [2.24, 2.45) is 0 Å². The van der Waals surface area contributed by atoms with Crippen LogP contribution in [0.4, 0.5) is 15.8 Å². The summed E-state index contributed by atoms with van der Waals surface area (Å²) in [6, 6.07) is 107. The van der Waals surface area contributed by atoms with Gasteiger partial charge in [0.15, 0.2) is 5.69 Å². The van der Waals surface area contributed by atoms with E-state index < -0.39 is 55.5 Å². The predicted octanol–water partition coefficient (Wildman–Crippen LogP) is 11.4. The van der Waals surface area contributed by atoms with E-state index in [0.29, 0.717) is 46.5 Å². The molecule has 17 N–H and O–H groups in total. The summed E-state index contributed by atoms with van der Waals surface area (Å²) in [5.41, 5.74) is 22.4. The van der Waals surface area contributed by atoms with Gasteiger partial charge in [-0.2, -0.15) is 0 Å². The van der Waals surface area contributed by atoms with Crippen molar-refractivity contribution in [2.45, 2.75) is 155 Å². The fourth-order valence-corrected chi connectivity index (χ4v) is 13.1. The number of ether oxygens (including phenoxy) is 3. The molecule has 0 saturated heterocycles. The lowest BCUT2D eigenvalue weighted by atomic mass is 9.64. The molecule has 0 atom stereocenters. The van der Waals surface area contributed by atoms with Crippen LogP contribution in [0.25, 0.3) is 4.85 Å². The van der Waals surface area contributed by atoms with Gasteiger partial charge in [-0.05, 0) is 236 Å². The monoisotopic (exact) mass is 2090 g/mol. The molecule has 0 aliphatic carbocycles. The zero-order chi connectivity index (χ0) is 109. The first kappa shape index (κ1) is 130. The van der Waals surface area contributed by atoms with Crippen LogP contribution in [0.2, 0.25) is 86.9 Å². The Morgan fingerprint density at radius 3 is 1.06 bits per heavy atom. The quantitative estimate of drug-likeness (QED) is 0.0130. The first-order valence-corrected chi connectivity index (χ1v) is 49.6. The van der Waals surface area contributed by atoms with E-state index in [-0.39, 0.29) is 52.2 Å². The molecule has 0 radical (unpaired) electrons. The highest BCUT2D eigenvalue weighted by molar-refractivity contribution is 14.1. The lowest BCUT2D eigenvalue weighted by molar-refractivity contribution is 0.242. The second-order valence-electron chi connectivity index (χ2n) is 34.5. The van der Waals surface area contributed by atoms with Crippen molar-refractivity contribution in [3.05, 3.63) is 400 Å². The molecule has 0 heterocycles. The highest BCUT2D eigenvalue weighted by Crippen LogP contribution is 2.16. The maximum absolute atomic E-state index is 12.4. The number of phenolic OH excluding ortho intramolecular Hbond substituents is 1. The van der Waals surface area contributed by atoms with Gasteiger partial charge in [0.1, 0.15) is 35.4 Å². The topological polar surface area (TPSA) is 362 Å². The molecule has 0 aliphatic rings. The summed E-state index contributed by atoms with van der Waals surface area (Å²) in [6.07, 6.45) is 1.20. The number of hydrogen-bond acceptors (Lipinski definition) is 19. The van der Waals surface area contributed by atoms with E-state index >= 15 is 0 Å². The van der Waals surface area contributed by atoms with Gasteiger partial charge in [-0.15, -0.1) is 0 Å². The highest BCUT2D eigenvalue weighted by atomic mass is 127. The Labute approximate surface area is 884 Å².